The topological polar surface area (TPSA) is 82.1 Å². The van der Waals surface area contributed by atoms with Crippen LogP contribution >= 0.6 is 0 Å². The number of rotatable bonds is 11. The van der Waals surface area contributed by atoms with Gasteiger partial charge in [-0.05, 0) is 44.9 Å². The molecule has 0 saturated heterocycles. The molecular weight excluding hydrogens is 398 g/mol. The molecule has 0 heterocycles. The van der Waals surface area contributed by atoms with Gasteiger partial charge in [-0.2, -0.15) is 0 Å². The number of esters is 1. The Balaban J connectivity index is 6.05. The molecular formula is C24H43NO6. The molecule has 0 aliphatic rings. The van der Waals surface area contributed by atoms with Gasteiger partial charge in [0.1, 0.15) is 12.2 Å². The first-order valence-corrected chi connectivity index (χ1v) is 10.9. The summed E-state index contributed by atoms with van der Waals surface area (Å²) in [6.07, 6.45) is 1.59. The van der Waals surface area contributed by atoms with Gasteiger partial charge in [0.25, 0.3) is 0 Å². The SMILES string of the molecule is C=CC[C@H](C(=O)OC(C)(C)C)C(CC(C)C)C(=O)N(CC(C)(C)C)C(=O)OCCOC. The molecule has 31 heavy (non-hydrogen) atoms. The van der Waals surface area contributed by atoms with Crippen molar-refractivity contribution in [1.29, 1.82) is 0 Å². The highest BCUT2D eigenvalue weighted by atomic mass is 16.6. The van der Waals surface area contributed by atoms with Gasteiger partial charge in [0.15, 0.2) is 0 Å². The summed E-state index contributed by atoms with van der Waals surface area (Å²) in [5.41, 5.74) is -1.04. The third-order valence-electron chi connectivity index (χ3n) is 4.29. The summed E-state index contributed by atoms with van der Waals surface area (Å²) in [6.45, 7) is 19.3. The monoisotopic (exact) mass is 441 g/mol. The zero-order valence-corrected chi connectivity index (χ0v) is 20.9. The van der Waals surface area contributed by atoms with Gasteiger partial charge in [-0.1, -0.05) is 40.7 Å². The van der Waals surface area contributed by atoms with E-state index in [1.807, 2.05) is 34.6 Å². The van der Waals surface area contributed by atoms with Gasteiger partial charge in [0.2, 0.25) is 5.91 Å². The Kier molecular flexibility index (Phi) is 12.1. The molecule has 0 aromatic heterocycles. The Morgan fingerprint density at radius 3 is 2.00 bits per heavy atom. The summed E-state index contributed by atoms with van der Waals surface area (Å²) in [5.74, 6) is -2.23. The van der Waals surface area contributed by atoms with E-state index in [-0.39, 0.29) is 37.5 Å². The quantitative estimate of drug-likeness (QED) is 0.259. The van der Waals surface area contributed by atoms with E-state index in [1.54, 1.807) is 26.8 Å². The highest BCUT2D eigenvalue weighted by Crippen LogP contribution is 2.30. The maximum Gasteiger partial charge on any atom is 0.416 e. The number of ether oxygens (including phenoxy) is 3. The van der Waals surface area contributed by atoms with Crippen LogP contribution < -0.4 is 0 Å². The van der Waals surface area contributed by atoms with E-state index in [4.69, 9.17) is 14.2 Å². The van der Waals surface area contributed by atoms with Crippen LogP contribution in [0.25, 0.3) is 0 Å². The van der Waals surface area contributed by atoms with Crippen molar-refractivity contribution in [1.82, 2.24) is 4.90 Å². The van der Waals surface area contributed by atoms with Crippen LogP contribution in [-0.2, 0) is 23.8 Å². The molecule has 180 valence electrons. The third kappa shape index (κ3) is 11.9. The van der Waals surface area contributed by atoms with Crippen LogP contribution in [0.15, 0.2) is 12.7 Å². The van der Waals surface area contributed by atoms with Crippen molar-refractivity contribution in [3.05, 3.63) is 12.7 Å². The number of hydrogen-bond donors (Lipinski definition) is 0. The second kappa shape index (κ2) is 12.8. The number of carbonyl (C=O) groups excluding carboxylic acids is 3. The fourth-order valence-electron chi connectivity index (χ4n) is 3.12. The highest BCUT2D eigenvalue weighted by Gasteiger charge is 2.41. The second-order valence-electron chi connectivity index (χ2n) is 10.5. The first-order chi connectivity index (χ1) is 14.1. The second-order valence-corrected chi connectivity index (χ2v) is 10.5. The van der Waals surface area contributed by atoms with Crippen LogP contribution in [0.1, 0.15) is 68.2 Å². The molecule has 2 atom stereocenters. The molecule has 0 aliphatic heterocycles. The van der Waals surface area contributed by atoms with Crippen LogP contribution in [0, 0.1) is 23.2 Å². The zero-order chi connectivity index (χ0) is 24.4. The van der Waals surface area contributed by atoms with Gasteiger partial charge in [-0.25, -0.2) is 9.69 Å². The Labute approximate surface area is 188 Å². The number of allylic oxidation sites excluding steroid dienone is 1. The average molecular weight is 442 g/mol. The minimum Gasteiger partial charge on any atom is -0.460 e. The summed E-state index contributed by atoms with van der Waals surface area (Å²) in [5, 5.41) is 0. The lowest BCUT2D eigenvalue weighted by Gasteiger charge is -2.34. The highest BCUT2D eigenvalue weighted by molar-refractivity contribution is 5.95. The van der Waals surface area contributed by atoms with Crippen molar-refractivity contribution in [2.24, 2.45) is 23.2 Å². The molecule has 1 unspecified atom stereocenters. The molecule has 0 spiro atoms. The molecule has 0 fully saturated rings. The van der Waals surface area contributed by atoms with Crippen molar-refractivity contribution in [3.63, 3.8) is 0 Å². The number of amides is 2. The molecule has 0 rings (SSSR count). The van der Waals surface area contributed by atoms with Crippen LogP contribution in [0.2, 0.25) is 0 Å². The van der Waals surface area contributed by atoms with E-state index >= 15 is 0 Å². The minimum absolute atomic E-state index is 0.0419. The zero-order valence-electron chi connectivity index (χ0n) is 20.9. The normalized spacial score (nSPS) is 14.0. The van der Waals surface area contributed by atoms with Crippen LogP contribution in [0.5, 0.6) is 0 Å². The Morgan fingerprint density at radius 2 is 1.58 bits per heavy atom. The number of hydrogen-bond acceptors (Lipinski definition) is 6. The molecule has 0 aliphatic carbocycles. The van der Waals surface area contributed by atoms with Crippen LogP contribution in [0.4, 0.5) is 4.79 Å². The minimum atomic E-state index is -0.735. The molecule has 7 nitrogen and oxygen atoms in total. The fourth-order valence-corrected chi connectivity index (χ4v) is 3.12. The van der Waals surface area contributed by atoms with Crippen molar-refractivity contribution in [2.45, 2.75) is 73.8 Å². The largest absolute Gasteiger partial charge is 0.460 e. The third-order valence-corrected chi connectivity index (χ3v) is 4.29. The number of carbonyl (C=O) groups is 3. The van der Waals surface area contributed by atoms with Gasteiger partial charge in [0.05, 0.1) is 18.4 Å². The smallest absolute Gasteiger partial charge is 0.416 e. The summed E-state index contributed by atoms with van der Waals surface area (Å²) in [4.78, 5) is 40.6. The predicted octanol–water partition coefficient (Wildman–Crippen LogP) is 4.84. The van der Waals surface area contributed by atoms with Crippen molar-refractivity contribution >= 4 is 18.0 Å². The molecule has 0 aromatic carbocycles. The number of methoxy groups -OCH3 is 1. The predicted molar refractivity (Wildman–Crippen MR) is 121 cm³/mol. The molecule has 0 N–H and O–H groups in total. The molecule has 2 amide bonds. The first-order valence-electron chi connectivity index (χ1n) is 10.9. The van der Waals surface area contributed by atoms with E-state index in [1.165, 1.54) is 7.11 Å². The van der Waals surface area contributed by atoms with E-state index in [0.29, 0.717) is 6.42 Å². The molecule has 0 radical (unpaired) electrons. The summed E-state index contributed by atoms with van der Waals surface area (Å²) >= 11 is 0. The molecule has 7 heteroatoms. The fraction of sp³-hybridized carbons (Fsp3) is 0.792. The Morgan fingerprint density at radius 1 is 1.00 bits per heavy atom. The van der Waals surface area contributed by atoms with Crippen LogP contribution in [-0.4, -0.2) is 55.3 Å². The van der Waals surface area contributed by atoms with Crippen molar-refractivity contribution in [2.75, 3.05) is 26.9 Å². The summed E-state index contributed by atoms with van der Waals surface area (Å²) in [6, 6.07) is 0. The van der Waals surface area contributed by atoms with E-state index in [2.05, 4.69) is 6.58 Å². The molecule has 0 bridgehead atoms. The lowest BCUT2D eigenvalue weighted by molar-refractivity contribution is -0.165. The standard InChI is InChI=1S/C24H43NO6/c1-11-12-18(21(27)31-24(7,8)9)19(15-17(2)3)20(26)25(16-23(4,5)6)22(28)30-14-13-29-10/h11,17-19H,1,12-16H2,2-10H3/t18-,19?/m0/s1. The van der Waals surface area contributed by atoms with Gasteiger partial charge < -0.3 is 14.2 Å². The van der Waals surface area contributed by atoms with Gasteiger partial charge >= 0.3 is 12.1 Å². The maximum absolute atomic E-state index is 13.7. The number of imide groups is 1. The van der Waals surface area contributed by atoms with E-state index in [9.17, 15) is 14.4 Å². The lowest BCUT2D eigenvalue weighted by atomic mass is 9.81. The maximum atomic E-state index is 13.7. The Bertz CT molecular complexity index is 600. The van der Waals surface area contributed by atoms with Crippen LogP contribution in [0.3, 0.4) is 0 Å². The Hall–Kier alpha value is -1.89. The van der Waals surface area contributed by atoms with Gasteiger partial charge in [-0.15, -0.1) is 6.58 Å². The van der Waals surface area contributed by atoms with Gasteiger partial charge in [0, 0.05) is 13.7 Å². The van der Waals surface area contributed by atoms with E-state index < -0.39 is 35.4 Å². The van der Waals surface area contributed by atoms with Gasteiger partial charge in [-0.3, -0.25) is 9.59 Å². The lowest BCUT2D eigenvalue weighted by Crippen LogP contribution is -2.48. The first kappa shape index (κ1) is 29.1. The number of nitrogens with zero attached hydrogens (tertiary/aromatic N) is 1. The average Bonchev–Trinajstić information content (AvgIpc) is 2.59. The summed E-state index contributed by atoms with van der Waals surface area (Å²) < 4.78 is 15.8. The molecule has 0 aromatic rings. The molecule has 0 saturated carbocycles. The van der Waals surface area contributed by atoms with Crippen molar-refractivity contribution in [3.8, 4) is 0 Å². The van der Waals surface area contributed by atoms with Crippen molar-refractivity contribution < 1.29 is 28.6 Å². The summed E-state index contributed by atoms with van der Waals surface area (Å²) in [7, 11) is 1.51. The van der Waals surface area contributed by atoms with E-state index in [0.717, 1.165) is 4.90 Å².